The normalized spacial score (nSPS) is 21.6. The number of hydrogen-bond acceptors (Lipinski definition) is 2. The molecule has 1 aliphatic carbocycles. The van der Waals surface area contributed by atoms with Gasteiger partial charge in [0.15, 0.2) is 12.4 Å². The molecule has 0 amide bonds. The molecule has 92 valence electrons. The van der Waals surface area contributed by atoms with Crippen molar-refractivity contribution in [3.05, 3.63) is 40.5 Å². The Morgan fingerprint density at radius 3 is 2.94 bits per heavy atom. The summed E-state index contributed by atoms with van der Waals surface area (Å²) < 4.78 is 5.59. The maximum absolute atomic E-state index is 11.7. The van der Waals surface area contributed by atoms with Crippen molar-refractivity contribution in [1.29, 1.82) is 0 Å². The number of allylic oxidation sites excluding steroid dienone is 1. The Bertz CT molecular complexity index is 579. The molecule has 0 radical (unpaired) electrons. The summed E-state index contributed by atoms with van der Waals surface area (Å²) in [5.41, 5.74) is 4.37. The second-order valence-corrected chi connectivity index (χ2v) is 5.13. The van der Waals surface area contributed by atoms with Gasteiger partial charge in [-0.2, -0.15) is 0 Å². The Hall–Kier alpha value is -1.83. The van der Waals surface area contributed by atoms with Gasteiger partial charge in [-0.1, -0.05) is 25.1 Å². The number of rotatable bonds is 0. The third kappa shape index (κ3) is 1.78. The summed E-state index contributed by atoms with van der Waals surface area (Å²) in [7, 11) is 0. The van der Waals surface area contributed by atoms with Gasteiger partial charge in [-0.25, -0.2) is 0 Å². The lowest BCUT2D eigenvalue weighted by atomic mass is 9.87. The van der Waals surface area contributed by atoms with Crippen LogP contribution < -0.4 is 4.74 Å². The molecule has 1 aromatic carbocycles. The Morgan fingerprint density at radius 1 is 1.28 bits per heavy atom. The van der Waals surface area contributed by atoms with E-state index in [-0.39, 0.29) is 12.4 Å². The molecule has 2 aliphatic rings. The molecule has 1 heterocycles. The molecule has 0 saturated heterocycles. The summed E-state index contributed by atoms with van der Waals surface area (Å²) >= 11 is 0. The molecule has 0 bridgehead atoms. The van der Waals surface area contributed by atoms with Crippen molar-refractivity contribution in [2.75, 3.05) is 6.61 Å². The Morgan fingerprint density at radius 2 is 2.11 bits per heavy atom. The Kier molecular flexibility index (Phi) is 2.58. The van der Waals surface area contributed by atoms with Crippen LogP contribution in [0.1, 0.15) is 30.5 Å². The molecule has 0 spiro atoms. The van der Waals surface area contributed by atoms with Crippen molar-refractivity contribution in [1.82, 2.24) is 0 Å². The molecule has 1 atom stereocenters. The van der Waals surface area contributed by atoms with E-state index in [0.29, 0.717) is 5.92 Å². The first-order valence-electron chi connectivity index (χ1n) is 6.33. The average molecular weight is 240 g/mol. The standard InChI is InChI=1S/C16H16O2/c1-10-3-5-13-12(7-10)4-6-16-14(13)8-11(2)15(17)9-18-16/h3-6,8,10H,7,9H2,1-2H3. The van der Waals surface area contributed by atoms with E-state index in [9.17, 15) is 4.79 Å². The van der Waals surface area contributed by atoms with Crippen molar-refractivity contribution in [3.63, 3.8) is 0 Å². The van der Waals surface area contributed by atoms with Gasteiger partial charge < -0.3 is 4.74 Å². The molecule has 0 aromatic heterocycles. The number of benzene rings is 1. The maximum atomic E-state index is 11.7. The quantitative estimate of drug-likeness (QED) is 0.695. The molecule has 2 heteroatoms. The number of ketones is 1. The predicted molar refractivity (Wildman–Crippen MR) is 72.5 cm³/mol. The minimum absolute atomic E-state index is 0.0631. The van der Waals surface area contributed by atoms with E-state index in [1.807, 2.05) is 19.1 Å². The molecule has 2 nitrogen and oxygen atoms in total. The van der Waals surface area contributed by atoms with E-state index in [4.69, 9.17) is 4.74 Å². The van der Waals surface area contributed by atoms with E-state index < -0.39 is 0 Å². The molecule has 0 saturated carbocycles. The van der Waals surface area contributed by atoms with Crippen LogP contribution in [0.15, 0.2) is 23.8 Å². The fourth-order valence-electron chi connectivity index (χ4n) is 2.54. The smallest absolute Gasteiger partial charge is 0.195 e. The zero-order valence-corrected chi connectivity index (χ0v) is 10.7. The van der Waals surface area contributed by atoms with Crippen LogP contribution in [0.2, 0.25) is 0 Å². The van der Waals surface area contributed by atoms with Crippen molar-refractivity contribution >= 4 is 17.9 Å². The highest BCUT2D eigenvalue weighted by atomic mass is 16.5. The van der Waals surface area contributed by atoms with Crippen LogP contribution in [0.3, 0.4) is 0 Å². The lowest BCUT2D eigenvalue weighted by Crippen LogP contribution is -2.10. The second-order valence-electron chi connectivity index (χ2n) is 5.13. The van der Waals surface area contributed by atoms with Crippen LogP contribution in [-0.4, -0.2) is 12.4 Å². The monoisotopic (exact) mass is 240 g/mol. The molecular formula is C16H16O2. The molecule has 0 N–H and O–H groups in total. The van der Waals surface area contributed by atoms with E-state index in [1.165, 1.54) is 11.1 Å². The van der Waals surface area contributed by atoms with Crippen LogP contribution in [-0.2, 0) is 11.2 Å². The first kappa shape index (κ1) is 11.3. The molecule has 3 rings (SSSR count). The van der Waals surface area contributed by atoms with Crippen LogP contribution in [0.4, 0.5) is 0 Å². The zero-order chi connectivity index (χ0) is 12.7. The summed E-state index contributed by atoms with van der Waals surface area (Å²) in [6, 6.07) is 4.11. The summed E-state index contributed by atoms with van der Waals surface area (Å²) in [4.78, 5) is 11.7. The number of hydrogen-bond donors (Lipinski definition) is 0. The molecule has 1 aliphatic heterocycles. The number of carbonyl (C=O) groups excluding carboxylic acids is 1. The van der Waals surface area contributed by atoms with Crippen LogP contribution in [0, 0.1) is 5.92 Å². The zero-order valence-electron chi connectivity index (χ0n) is 10.7. The lowest BCUT2D eigenvalue weighted by Gasteiger charge is -2.19. The predicted octanol–water partition coefficient (Wildman–Crippen LogP) is 3.26. The average Bonchev–Trinajstić information content (AvgIpc) is 2.50. The molecule has 0 fully saturated rings. The molecular weight excluding hydrogens is 224 g/mol. The van der Waals surface area contributed by atoms with Gasteiger partial charge in [-0.15, -0.1) is 0 Å². The minimum Gasteiger partial charge on any atom is -0.485 e. The third-order valence-electron chi connectivity index (χ3n) is 3.63. The molecule has 1 aromatic rings. The Balaban J connectivity index is 2.19. The minimum atomic E-state index is 0.0631. The first-order chi connectivity index (χ1) is 8.65. The highest BCUT2D eigenvalue weighted by Crippen LogP contribution is 2.34. The maximum Gasteiger partial charge on any atom is 0.195 e. The molecule has 18 heavy (non-hydrogen) atoms. The van der Waals surface area contributed by atoms with Gasteiger partial charge in [0.05, 0.1) is 0 Å². The van der Waals surface area contributed by atoms with E-state index in [0.717, 1.165) is 23.3 Å². The first-order valence-corrected chi connectivity index (χ1v) is 6.33. The number of fused-ring (bicyclic) bond motifs is 3. The summed E-state index contributed by atoms with van der Waals surface area (Å²) in [6.45, 7) is 4.22. The summed E-state index contributed by atoms with van der Waals surface area (Å²) in [5, 5.41) is 0. The highest BCUT2D eigenvalue weighted by molar-refractivity contribution is 6.01. The fraction of sp³-hybridized carbons (Fsp3) is 0.312. The van der Waals surface area contributed by atoms with Gasteiger partial charge >= 0.3 is 0 Å². The van der Waals surface area contributed by atoms with Crippen LogP contribution in [0.5, 0.6) is 5.75 Å². The topological polar surface area (TPSA) is 26.3 Å². The lowest BCUT2D eigenvalue weighted by molar-refractivity contribution is -0.117. The fourth-order valence-corrected chi connectivity index (χ4v) is 2.54. The van der Waals surface area contributed by atoms with Gasteiger partial charge in [0.1, 0.15) is 5.75 Å². The van der Waals surface area contributed by atoms with Crippen molar-refractivity contribution in [2.24, 2.45) is 5.92 Å². The highest BCUT2D eigenvalue weighted by Gasteiger charge is 2.20. The largest absolute Gasteiger partial charge is 0.485 e. The van der Waals surface area contributed by atoms with Gasteiger partial charge in [-0.05, 0) is 48.1 Å². The van der Waals surface area contributed by atoms with Gasteiger partial charge in [0, 0.05) is 5.56 Å². The van der Waals surface area contributed by atoms with E-state index in [2.05, 4.69) is 25.1 Å². The number of Topliss-reactive ketones (excluding diaryl/α,β-unsaturated/α-hetero) is 1. The number of carbonyl (C=O) groups is 1. The Labute approximate surface area is 107 Å². The van der Waals surface area contributed by atoms with Crippen LogP contribution >= 0.6 is 0 Å². The number of ether oxygens (including phenoxy) is 1. The van der Waals surface area contributed by atoms with Crippen molar-refractivity contribution in [2.45, 2.75) is 20.3 Å². The SMILES string of the molecule is CC1=Cc2c(ccc3c2C=CC(C)C3)OCC1=O. The van der Waals surface area contributed by atoms with Gasteiger partial charge in [-0.3, -0.25) is 4.79 Å². The third-order valence-corrected chi connectivity index (χ3v) is 3.63. The summed E-state index contributed by atoms with van der Waals surface area (Å²) in [6.07, 6.45) is 7.40. The van der Waals surface area contributed by atoms with Crippen LogP contribution in [0.25, 0.3) is 12.2 Å². The van der Waals surface area contributed by atoms with Crippen molar-refractivity contribution < 1.29 is 9.53 Å². The second kappa shape index (κ2) is 4.13. The summed E-state index contributed by atoms with van der Waals surface area (Å²) in [5.74, 6) is 1.46. The van der Waals surface area contributed by atoms with Gasteiger partial charge in [0.25, 0.3) is 0 Å². The van der Waals surface area contributed by atoms with Crippen molar-refractivity contribution in [3.8, 4) is 5.75 Å². The van der Waals surface area contributed by atoms with E-state index >= 15 is 0 Å². The molecule has 1 unspecified atom stereocenters. The van der Waals surface area contributed by atoms with E-state index in [1.54, 1.807) is 0 Å². The van der Waals surface area contributed by atoms with Gasteiger partial charge in [0.2, 0.25) is 0 Å².